The van der Waals surface area contributed by atoms with Gasteiger partial charge in [-0.1, -0.05) is 36.4 Å². The summed E-state index contributed by atoms with van der Waals surface area (Å²) < 4.78 is 28.6. The van der Waals surface area contributed by atoms with Crippen molar-refractivity contribution >= 4 is 27.3 Å². The first-order valence-corrected chi connectivity index (χ1v) is 8.14. The predicted molar refractivity (Wildman–Crippen MR) is 86.1 cm³/mol. The number of rotatable bonds is 4. The van der Waals surface area contributed by atoms with E-state index in [1.807, 2.05) is 42.5 Å². The van der Waals surface area contributed by atoms with Gasteiger partial charge in [0.1, 0.15) is 0 Å². The van der Waals surface area contributed by atoms with Gasteiger partial charge in [0.05, 0.1) is 17.1 Å². The third-order valence-electron chi connectivity index (χ3n) is 3.41. The summed E-state index contributed by atoms with van der Waals surface area (Å²) in [6.45, 7) is 4.06. The van der Waals surface area contributed by atoms with Crippen LogP contribution in [0.1, 0.15) is 6.42 Å². The van der Waals surface area contributed by atoms with Crippen LogP contribution in [0.15, 0.2) is 67.3 Å². The molecule has 0 aliphatic carbocycles. The first-order chi connectivity index (χ1) is 10.2. The molecule has 108 valence electrons. The molecule has 0 bridgehead atoms. The zero-order chi connectivity index (χ0) is 14.9. The number of para-hydroxylation sites is 3. The molecule has 1 heterocycles. The molecule has 2 aromatic carbocycles. The quantitative estimate of drug-likeness (QED) is 0.811. The maximum absolute atomic E-state index is 12.9. The molecule has 0 unspecified atom stereocenters. The number of benzene rings is 2. The van der Waals surface area contributed by atoms with Crippen molar-refractivity contribution in [2.75, 3.05) is 15.2 Å². The van der Waals surface area contributed by atoms with E-state index in [2.05, 4.69) is 6.58 Å². The Kier molecular flexibility index (Phi) is 3.43. The second-order valence-corrected chi connectivity index (χ2v) is 6.45. The summed E-state index contributed by atoms with van der Waals surface area (Å²) in [5.74, 6) is 0. The molecule has 0 spiro atoms. The van der Waals surface area contributed by atoms with Crippen LogP contribution in [0, 0.1) is 0 Å². The first-order valence-electron chi connectivity index (χ1n) is 6.74. The van der Waals surface area contributed by atoms with Gasteiger partial charge in [-0.15, -0.1) is 6.58 Å². The van der Waals surface area contributed by atoms with E-state index in [1.165, 1.54) is 8.61 Å². The third-order valence-corrected chi connectivity index (χ3v) is 5.21. The number of nitrogens with zero attached hydrogens (tertiary/aromatic N) is 2. The monoisotopic (exact) mass is 300 g/mol. The van der Waals surface area contributed by atoms with Gasteiger partial charge < -0.3 is 0 Å². The Bertz CT molecular complexity index is 757. The van der Waals surface area contributed by atoms with E-state index >= 15 is 0 Å². The molecule has 0 aromatic heterocycles. The van der Waals surface area contributed by atoms with Gasteiger partial charge in [0.2, 0.25) is 0 Å². The Morgan fingerprint density at radius 1 is 0.952 bits per heavy atom. The minimum atomic E-state index is -3.59. The third kappa shape index (κ3) is 2.19. The Labute approximate surface area is 125 Å². The van der Waals surface area contributed by atoms with E-state index in [4.69, 9.17) is 0 Å². The standard InChI is InChI=1S/C16H16N2O2S/c1-2-3-13-17-15-11-7-8-12-16(15)18(21(17,19)20)14-9-5-4-6-10-14/h2,4-12H,1,3,13H2. The number of anilines is 3. The average molecular weight is 300 g/mol. The molecule has 0 saturated carbocycles. The minimum absolute atomic E-state index is 0.395. The molecule has 21 heavy (non-hydrogen) atoms. The van der Waals surface area contributed by atoms with Crippen molar-refractivity contribution < 1.29 is 8.42 Å². The smallest absolute Gasteiger partial charge is 0.251 e. The van der Waals surface area contributed by atoms with Crippen LogP contribution < -0.4 is 8.61 Å². The number of hydrogen-bond donors (Lipinski definition) is 0. The molecule has 1 aliphatic heterocycles. The Morgan fingerprint density at radius 3 is 2.24 bits per heavy atom. The van der Waals surface area contributed by atoms with Gasteiger partial charge in [-0.05, 0) is 30.7 Å². The second kappa shape index (κ2) is 5.26. The normalized spacial score (nSPS) is 15.8. The molecule has 1 aliphatic rings. The van der Waals surface area contributed by atoms with Crippen molar-refractivity contribution in [3.05, 3.63) is 67.3 Å². The molecule has 0 amide bonds. The van der Waals surface area contributed by atoms with Crippen LogP contribution in [0.2, 0.25) is 0 Å². The van der Waals surface area contributed by atoms with Crippen molar-refractivity contribution in [1.82, 2.24) is 0 Å². The first kappa shape index (κ1) is 13.7. The second-order valence-electron chi connectivity index (χ2n) is 4.75. The summed E-state index contributed by atoms with van der Waals surface area (Å²) in [5, 5.41) is 0. The van der Waals surface area contributed by atoms with E-state index in [1.54, 1.807) is 18.2 Å². The maximum Gasteiger partial charge on any atom is 0.330 e. The van der Waals surface area contributed by atoms with Gasteiger partial charge in [-0.25, -0.2) is 4.31 Å². The van der Waals surface area contributed by atoms with Crippen LogP contribution >= 0.6 is 0 Å². The summed E-state index contributed by atoms with van der Waals surface area (Å²) in [5.41, 5.74) is 2.04. The summed E-state index contributed by atoms with van der Waals surface area (Å²) in [4.78, 5) is 0. The lowest BCUT2D eigenvalue weighted by Crippen LogP contribution is -2.35. The number of hydrogen-bond acceptors (Lipinski definition) is 2. The lowest BCUT2D eigenvalue weighted by molar-refractivity contribution is 0.594. The fraction of sp³-hybridized carbons (Fsp3) is 0.125. The van der Waals surface area contributed by atoms with Crippen LogP contribution in [0.4, 0.5) is 17.1 Å². The lowest BCUT2D eigenvalue weighted by Gasteiger charge is -2.21. The summed E-state index contributed by atoms with van der Waals surface area (Å²) in [6.07, 6.45) is 2.33. The summed E-state index contributed by atoms with van der Waals surface area (Å²) in [6, 6.07) is 16.5. The van der Waals surface area contributed by atoms with Crippen molar-refractivity contribution in [2.24, 2.45) is 0 Å². The molecule has 4 nitrogen and oxygen atoms in total. The van der Waals surface area contributed by atoms with Crippen molar-refractivity contribution in [3.63, 3.8) is 0 Å². The average Bonchev–Trinajstić information content (AvgIpc) is 2.72. The topological polar surface area (TPSA) is 40.6 Å². The van der Waals surface area contributed by atoms with E-state index in [0.29, 0.717) is 30.0 Å². The van der Waals surface area contributed by atoms with E-state index < -0.39 is 10.2 Å². The van der Waals surface area contributed by atoms with Gasteiger partial charge in [-0.2, -0.15) is 8.42 Å². The molecule has 0 saturated heterocycles. The molecular formula is C16H16N2O2S. The van der Waals surface area contributed by atoms with Gasteiger partial charge in [0, 0.05) is 6.54 Å². The van der Waals surface area contributed by atoms with Crippen LogP contribution in [-0.2, 0) is 10.2 Å². The van der Waals surface area contributed by atoms with E-state index in [-0.39, 0.29) is 0 Å². The molecule has 3 rings (SSSR count). The zero-order valence-electron chi connectivity index (χ0n) is 11.5. The Morgan fingerprint density at radius 2 is 1.57 bits per heavy atom. The largest absolute Gasteiger partial charge is 0.330 e. The highest BCUT2D eigenvalue weighted by atomic mass is 32.2. The summed E-state index contributed by atoms with van der Waals surface area (Å²) >= 11 is 0. The lowest BCUT2D eigenvalue weighted by atomic mass is 10.2. The van der Waals surface area contributed by atoms with Crippen LogP contribution in [0.5, 0.6) is 0 Å². The molecule has 2 aromatic rings. The van der Waals surface area contributed by atoms with Gasteiger partial charge in [-0.3, -0.25) is 4.31 Å². The molecule has 5 heteroatoms. The highest BCUT2D eigenvalue weighted by Gasteiger charge is 2.40. The van der Waals surface area contributed by atoms with E-state index in [9.17, 15) is 8.42 Å². The van der Waals surface area contributed by atoms with Crippen LogP contribution in [0.25, 0.3) is 0 Å². The van der Waals surface area contributed by atoms with Crippen molar-refractivity contribution in [2.45, 2.75) is 6.42 Å². The molecular weight excluding hydrogens is 284 g/mol. The van der Waals surface area contributed by atoms with Crippen LogP contribution in [0.3, 0.4) is 0 Å². The Balaban J connectivity index is 2.15. The van der Waals surface area contributed by atoms with Gasteiger partial charge in [0.15, 0.2) is 0 Å². The molecule has 0 radical (unpaired) electrons. The van der Waals surface area contributed by atoms with E-state index in [0.717, 1.165) is 0 Å². The summed E-state index contributed by atoms with van der Waals surface area (Å²) in [7, 11) is -3.59. The molecule has 0 atom stereocenters. The highest BCUT2D eigenvalue weighted by Crippen LogP contribution is 2.44. The SMILES string of the molecule is C=CCCN1c2ccccc2N(c2ccccc2)S1(=O)=O. The Hall–Kier alpha value is -2.27. The van der Waals surface area contributed by atoms with Crippen molar-refractivity contribution in [1.29, 1.82) is 0 Å². The minimum Gasteiger partial charge on any atom is -0.251 e. The highest BCUT2D eigenvalue weighted by molar-refractivity contribution is 7.95. The zero-order valence-corrected chi connectivity index (χ0v) is 12.3. The van der Waals surface area contributed by atoms with Gasteiger partial charge in [0.25, 0.3) is 0 Å². The van der Waals surface area contributed by atoms with Crippen LogP contribution in [-0.4, -0.2) is 15.0 Å². The predicted octanol–water partition coefficient (Wildman–Crippen LogP) is 3.47. The maximum atomic E-state index is 12.9. The molecule has 0 fully saturated rings. The number of fused-ring (bicyclic) bond motifs is 1. The van der Waals surface area contributed by atoms with Crippen molar-refractivity contribution in [3.8, 4) is 0 Å². The fourth-order valence-electron chi connectivity index (χ4n) is 2.47. The molecule has 0 N–H and O–H groups in total. The van der Waals surface area contributed by atoms with Gasteiger partial charge >= 0.3 is 10.2 Å². The fourth-order valence-corrected chi connectivity index (χ4v) is 4.20.